The van der Waals surface area contributed by atoms with E-state index in [0.29, 0.717) is 23.9 Å². The molecule has 0 saturated heterocycles. The number of nitrogens with zero attached hydrogens (tertiary/aromatic N) is 1. The molecule has 0 aromatic rings. The molecule has 1 N–H and O–H groups in total. The van der Waals surface area contributed by atoms with Crippen molar-refractivity contribution in [2.24, 2.45) is 0 Å². The first-order chi connectivity index (χ1) is 27.0. The summed E-state index contributed by atoms with van der Waals surface area (Å²) in [6, 6.07) is 0. The van der Waals surface area contributed by atoms with Crippen LogP contribution < -0.4 is 0 Å². The molecule has 2 unspecified atom stereocenters. The SMILES string of the molecule is [2H]C([2H])(OCCCCCCCC/C=C\CCCCCCCC)C([2H])(OP(=O)(O)OCC[N+](C)(C)C)C([2H])([2H])OCCCCCCCCCCCCCCCCCC. The smallest absolute Gasteiger partial charge is 0.379 e. The molecular weight excluding hydrogens is 669 g/mol. The van der Waals surface area contributed by atoms with Crippen molar-refractivity contribution in [2.75, 3.05) is 60.6 Å². The van der Waals surface area contributed by atoms with Crippen molar-refractivity contribution in [3.8, 4) is 0 Å². The van der Waals surface area contributed by atoms with Gasteiger partial charge < -0.3 is 18.9 Å². The molecule has 0 aromatic carbocycles. The molecule has 0 heterocycles. The summed E-state index contributed by atoms with van der Waals surface area (Å²) in [4.78, 5) is 10.5. The lowest BCUT2D eigenvalue weighted by Gasteiger charge is -2.25. The average molecular weight is 766 g/mol. The Morgan fingerprint density at radius 1 is 0.558 bits per heavy atom. The number of phosphoric ester groups is 1. The highest BCUT2D eigenvalue weighted by Gasteiger charge is 2.28. The quantitative estimate of drug-likeness (QED) is 0.0288. The maximum atomic E-state index is 13.0. The van der Waals surface area contributed by atoms with E-state index in [0.717, 1.165) is 70.6 Å². The van der Waals surface area contributed by atoms with Gasteiger partial charge in [0.25, 0.3) is 0 Å². The first-order valence-electron chi connectivity index (χ1n) is 24.4. The minimum Gasteiger partial charge on any atom is -0.379 e. The maximum Gasteiger partial charge on any atom is 0.472 e. The summed E-state index contributed by atoms with van der Waals surface area (Å²) in [7, 11) is 0.520. The largest absolute Gasteiger partial charge is 0.472 e. The van der Waals surface area contributed by atoms with Crippen molar-refractivity contribution in [1.29, 1.82) is 0 Å². The molecule has 0 amide bonds. The van der Waals surface area contributed by atoms with Gasteiger partial charge in [0.1, 0.15) is 19.2 Å². The number of likely N-dealkylation sites (N-methyl/N-ethyl adjacent to an activating group) is 1. The van der Waals surface area contributed by atoms with E-state index in [9.17, 15) is 9.46 Å². The van der Waals surface area contributed by atoms with Crippen LogP contribution in [0.5, 0.6) is 0 Å². The third-order valence-electron chi connectivity index (χ3n) is 9.41. The summed E-state index contributed by atoms with van der Waals surface area (Å²) in [5.41, 5.74) is 0. The van der Waals surface area contributed by atoms with E-state index in [1.807, 2.05) is 21.1 Å². The Bertz CT molecular complexity index is 1000. The minimum absolute atomic E-state index is 0.0987. The normalized spacial score (nSPS) is 16.6. The molecule has 0 rings (SSSR count). The number of quaternary nitrogens is 1. The van der Waals surface area contributed by atoms with E-state index in [2.05, 4.69) is 26.0 Å². The van der Waals surface area contributed by atoms with Crippen LogP contribution in [-0.4, -0.2) is 76.1 Å². The third-order valence-corrected chi connectivity index (χ3v) is 10.3. The lowest BCUT2D eigenvalue weighted by atomic mass is 10.0. The zero-order valence-electron chi connectivity index (χ0n) is 40.1. The van der Waals surface area contributed by atoms with Crippen LogP contribution >= 0.6 is 7.82 Å². The zero-order valence-corrected chi connectivity index (χ0v) is 36.0. The number of ether oxygens (including phenoxy) is 2. The van der Waals surface area contributed by atoms with Gasteiger partial charge in [-0.05, 0) is 38.5 Å². The summed E-state index contributed by atoms with van der Waals surface area (Å²) in [5.74, 6) is 0. The van der Waals surface area contributed by atoms with Crippen LogP contribution in [0.2, 0.25) is 0 Å². The number of hydrogen-bond donors (Lipinski definition) is 1. The minimum atomic E-state index is -5.09. The molecule has 0 radical (unpaired) electrons. The maximum absolute atomic E-state index is 13.0. The van der Waals surface area contributed by atoms with Crippen LogP contribution in [-0.2, 0) is 23.1 Å². The standard InChI is InChI=1S/C44H90NO6P/c1-6-8-10-12-14-16-18-20-22-24-26-28-30-32-34-36-39-48-42-44(51-52(46,47)50-41-38-45(3,4)5)43-49-40-37-35-33-31-29-27-25-23-21-19-17-15-13-11-9-7-2/h20,22,44H,6-19,21,23-43H2,1-5H3/p+1/b22-20-/i42D2,43D2,44D. The van der Waals surface area contributed by atoms with Crippen LogP contribution in [0.3, 0.4) is 0 Å². The molecule has 0 aromatic heterocycles. The van der Waals surface area contributed by atoms with Crippen LogP contribution in [0.15, 0.2) is 12.2 Å². The molecular formula is C44H91NO6P+. The molecule has 0 aliphatic heterocycles. The summed E-state index contributed by atoms with van der Waals surface area (Å²) in [5, 5.41) is 0. The monoisotopic (exact) mass is 766 g/mol. The zero-order chi connectivity index (χ0) is 42.8. The number of rotatable bonds is 43. The van der Waals surface area contributed by atoms with Gasteiger partial charge in [-0.25, -0.2) is 4.57 Å². The van der Waals surface area contributed by atoms with Crippen molar-refractivity contribution in [2.45, 2.75) is 213 Å². The van der Waals surface area contributed by atoms with Gasteiger partial charge in [-0.15, -0.1) is 0 Å². The third kappa shape index (κ3) is 42.5. The van der Waals surface area contributed by atoms with Crippen molar-refractivity contribution in [1.82, 2.24) is 0 Å². The fourth-order valence-corrected chi connectivity index (χ4v) is 6.68. The van der Waals surface area contributed by atoms with E-state index in [1.165, 1.54) is 109 Å². The molecule has 0 spiro atoms. The molecule has 2 atom stereocenters. The number of phosphoric acid groups is 1. The van der Waals surface area contributed by atoms with Gasteiger partial charge in [0.05, 0.1) is 41.1 Å². The van der Waals surface area contributed by atoms with E-state index >= 15 is 0 Å². The molecule has 0 bridgehead atoms. The second kappa shape index (κ2) is 39.0. The lowest BCUT2D eigenvalue weighted by molar-refractivity contribution is -0.870. The molecule has 0 fully saturated rings. The summed E-state index contributed by atoms with van der Waals surface area (Å²) < 4.78 is 77.8. The van der Waals surface area contributed by atoms with Crippen molar-refractivity contribution in [3.63, 3.8) is 0 Å². The van der Waals surface area contributed by atoms with Crippen molar-refractivity contribution >= 4 is 7.82 Å². The Balaban J connectivity index is 4.73. The number of unbranched alkanes of at least 4 members (excludes halogenated alkanes) is 27. The second-order valence-electron chi connectivity index (χ2n) is 15.9. The van der Waals surface area contributed by atoms with Gasteiger partial charge in [0.15, 0.2) is 0 Å². The van der Waals surface area contributed by atoms with E-state index in [-0.39, 0.29) is 19.8 Å². The van der Waals surface area contributed by atoms with Crippen LogP contribution in [0.4, 0.5) is 0 Å². The highest BCUT2D eigenvalue weighted by molar-refractivity contribution is 7.47. The van der Waals surface area contributed by atoms with Crippen molar-refractivity contribution in [3.05, 3.63) is 12.2 Å². The summed E-state index contributed by atoms with van der Waals surface area (Å²) in [6.07, 6.45) is 36.0. The van der Waals surface area contributed by atoms with Crippen LogP contribution in [0, 0.1) is 0 Å². The van der Waals surface area contributed by atoms with Gasteiger partial charge >= 0.3 is 7.82 Å². The van der Waals surface area contributed by atoms with Crippen LogP contribution in [0.25, 0.3) is 0 Å². The Labute approximate surface area is 332 Å². The van der Waals surface area contributed by atoms with Crippen molar-refractivity contribution < 1.29 is 39.3 Å². The van der Waals surface area contributed by atoms with Gasteiger partial charge in [-0.3, -0.25) is 9.05 Å². The fraction of sp³-hybridized carbons (Fsp3) is 0.955. The van der Waals surface area contributed by atoms with Gasteiger partial charge in [-0.2, -0.15) is 0 Å². The molecule has 8 heteroatoms. The predicted molar refractivity (Wildman–Crippen MR) is 224 cm³/mol. The first kappa shape index (κ1) is 42.9. The number of allylic oxidation sites excluding steroid dienone is 2. The average Bonchev–Trinajstić information content (AvgIpc) is 3.13. The van der Waals surface area contributed by atoms with Gasteiger partial charge in [0, 0.05) is 13.2 Å². The van der Waals surface area contributed by atoms with E-state index in [4.69, 9.17) is 25.4 Å². The topological polar surface area (TPSA) is 74.2 Å². The molecule has 7 nitrogen and oxygen atoms in total. The van der Waals surface area contributed by atoms with Gasteiger partial charge in [0.2, 0.25) is 0 Å². The summed E-state index contributed by atoms with van der Waals surface area (Å²) >= 11 is 0. The Morgan fingerprint density at radius 3 is 1.23 bits per heavy atom. The lowest BCUT2D eigenvalue weighted by Crippen LogP contribution is -2.37. The molecule has 0 aliphatic carbocycles. The predicted octanol–water partition coefficient (Wildman–Crippen LogP) is 13.5. The Morgan fingerprint density at radius 2 is 0.885 bits per heavy atom. The first-order valence-corrected chi connectivity index (χ1v) is 23.4. The highest BCUT2D eigenvalue weighted by atomic mass is 31.2. The fourth-order valence-electron chi connectivity index (χ4n) is 6.01. The van der Waals surface area contributed by atoms with E-state index in [1.54, 1.807) is 0 Å². The second-order valence-corrected chi connectivity index (χ2v) is 17.3. The molecule has 312 valence electrons. The molecule has 52 heavy (non-hydrogen) atoms. The number of hydrogen-bond acceptors (Lipinski definition) is 5. The van der Waals surface area contributed by atoms with Crippen LogP contribution in [0.1, 0.15) is 213 Å². The highest BCUT2D eigenvalue weighted by Crippen LogP contribution is 2.44. The molecule has 0 aliphatic rings. The molecule has 0 saturated carbocycles. The van der Waals surface area contributed by atoms with Gasteiger partial charge in [-0.1, -0.05) is 180 Å². The van der Waals surface area contributed by atoms with E-state index < -0.39 is 27.0 Å². The summed E-state index contributed by atoms with van der Waals surface area (Å²) in [6.45, 7) is -1.84. The Hall–Kier alpha value is -0.270. The Kier molecular flexibility index (Phi) is 32.1.